The molecule has 1 rings (SSSR count). The molecule has 0 aliphatic heterocycles. The summed E-state index contributed by atoms with van der Waals surface area (Å²) in [6.07, 6.45) is 1.48. The Hall–Kier alpha value is -1.45. The van der Waals surface area contributed by atoms with E-state index >= 15 is 0 Å². The maximum atomic E-state index is 10.5. The van der Waals surface area contributed by atoms with Crippen LogP contribution in [0.25, 0.3) is 0 Å². The monoisotopic (exact) mass is 170 g/mol. The van der Waals surface area contributed by atoms with Gasteiger partial charge in [0.25, 0.3) is 0 Å². The second-order valence-electron chi connectivity index (χ2n) is 2.13. The third-order valence-corrected chi connectivity index (χ3v) is 1.32. The molecule has 0 amide bonds. The molecule has 1 aromatic heterocycles. The van der Waals surface area contributed by atoms with Crippen molar-refractivity contribution in [3.8, 4) is 0 Å². The molecular formula is C8H10O4. The highest BCUT2D eigenvalue weighted by Crippen LogP contribution is 2.00. The van der Waals surface area contributed by atoms with E-state index in [0.29, 0.717) is 6.42 Å². The van der Waals surface area contributed by atoms with Gasteiger partial charge in [-0.3, -0.25) is 0 Å². The van der Waals surface area contributed by atoms with Crippen molar-refractivity contribution in [1.29, 1.82) is 0 Å². The second-order valence-corrected chi connectivity index (χ2v) is 2.13. The third kappa shape index (κ3) is 2.65. The van der Waals surface area contributed by atoms with Crippen LogP contribution in [0.2, 0.25) is 0 Å². The average molecular weight is 170 g/mol. The molecule has 0 N–H and O–H groups in total. The van der Waals surface area contributed by atoms with E-state index in [9.17, 15) is 4.79 Å². The van der Waals surface area contributed by atoms with E-state index in [1.807, 2.05) is 6.07 Å². The second kappa shape index (κ2) is 4.43. The molecule has 0 radical (unpaired) electrons. The Morgan fingerprint density at radius 3 is 3.08 bits per heavy atom. The molecule has 0 bridgehead atoms. The molecule has 0 unspecified atom stereocenters. The van der Waals surface area contributed by atoms with Crippen LogP contribution in [0.5, 0.6) is 0 Å². The van der Waals surface area contributed by atoms with E-state index in [-0.39, 0.29) is 6.61 Å². The zero-order chi connectivity index (χ0) is 8.81. The number of ether oxygens (including phenoxy) is 2. The molecule has 0 aliphatic rings. The first-order valence-corrected chi connectivity index (χ1v) is 3.56. The highest BCUT2D eigenvalue weighted by Gasteiger charge is 2.00. The summed E-state index contributed by atoms with van der Waals surface area (Å²) in [5.74, 6) is 0.791. The van der Waals surface area contributed by atoms with E-state index in [4.69, 9.17) is 4.42 Å². The highest BCUT2D eigenvalue weighted by atomic mass is 16.7. The lowest BCUT2D eigenvalue weighted by Gasteiger charge is -1.99. The number of hydrogen-bond donors (Lipinski definition) is 0. The maximum absolute atomic E-state index is 10.5. The summed E-state index contributed by atoms with van der Waals surface area (Å²) in [5, 5.41) is 0. The molecule has 0 aliphatic carbocycles. The molecule has 12 heavy (non-hydrogen) atoms. The minimum atomic E-state index is -0.665. The van der Waals surface area contributed by atoms with Gasteiger partial charge in [-0.15, -0.1) is 0 Å². The molecule has 1 heterocycles. The Morgan fingerprint density at radius 1 is 1.67 bits per heavy atom. The van der Waals surface area contributed by atoms with Crippen LogP contribution in [-0.2, 0) is 15.9 Å². The van der Waals surface area contributed by atoms with Gasteiger partial charge in [-0.1, -0.05) is 0 Å². The average Bonchev–Trinajstić information content (AvgIpc) is 2.57. The Kier molecular flexibility index (Phi) is 3.19. The van der Waals surface area contributed by atoms with Crippen molar-refractivity contribution in [3.05, 3.63) is 24.2 Å². The molecule has 0 spiro atoms. The van der Waals surface area contributed by atoms with Crippen LogP contribution in [0.15, 0.2) is 22.8 Å². The summed E-state index contributed by atoms with van der Waals surface area (Å²) in [7, 11) is 1.27. The van der Waals surface area contributed by atoms with Gasteiger partial charge in [0.15, 0.2) is 0 Å². The number of hydrogen-bond acceptors (Lipinski definition) is 4. The summed E-state index contributed by atoms with van der Waals surface area (Å²) in [4.78, 5) is 10.5. The lowest BCUT2D eigenvalue weighted by atomic mass is 10.3. The summed E-state index contributed by atoms with van der Waals surface area (Å²) < 4.78 is 13.9. The van der Waals surface area contributed by atoms with E-state index in [1.165, 1.54) is 7.11 Å². The molecule has 66 valence electrons. The van der Waals surface area contributed by atoms with Gasteiger partial charge in [-0.2, -0.15) is 0 Å². The first-order valence-electron chi connectivity index (χ1n) is 3.56. The van der Waals surface area contributed by atoms with Gasteiger partial charge in [0.2, 0.25) is 0 Å². The summed E-state index contributed by atoms with van der Waals surface area (Å²) in [5.41, 5.74) is 0. The molecule has 4 nitrogen and oxygen atoms in total. The lowest BCUT2D eigenvalue weighted by Crippen LogP contribution is -2.06. The molecule has 1 aromatic rings. The van der Waals surface area contributed by atoms with Gasteiger partial charge in [0.05, 0.1) is 13.4 Å². The Bertz CT molecular complexity index is 227. The van der Waals surface area contributed by atoms with Crippen molar-refractivity contribution in [3.63, 3.8) is 0 Å². The third-order valence-electron chi connectivity index (χ3n) is 1.32. The van der Waals surface area contributed by atoms with Crippen molar-refractivity contribution in [2.75, 3.05) is 13.7 Å². The van der Waals surface area contributed by atoms with Gasteiger partial charge in [0.1, 0.15) is 12.4 Å². The zero-order valence-electron chi connectivity index (χ0n) is 6.78. The fourth-order valence-electron chi connectivity index (χ4n) is 0.749. The number of carbonyl (C=O) groups excluding carboxylic acids is 1. The quantitative estimate of drug-likeness (QED) is 0.646. The Labute approximate surface area is 70.1 Å². The van der Waals surface area contributed by atoms with Crippen LogP contribution in [0.1, 0.15) is 5.76 Å². The van der Waals surface area contributed by atoms with Crippen LogP contribution in [0.4, 0.5) is 4.79 Å². The highest BCUT2D eigenvalue weighted by molar-refractivity contribution is 5.59. The molecule has 0 atom stereocenters. The fourth-order valence-corrected chi connectivity index (χ4v) is 0.749. The van der Waals surface area contributed by atoms with Crippen molar-refractivity contribution in [1.82, 2.24) is 0 Å². The topological polar surface area (TPSA) is 48.7 Å². The van der Waals surface area contributed by atoms with Crippen LogP contribution in [0.3, 0.4) is 0 Å². The first-order chi connectivity index (χ1) is 5.83. The first kappa shape index (κ1) is 8.64. The smallest absolute Gasteiger partial charge is 0.469 e. The summed E-state index contributed by atoms with van der Waals surface area (Å²) in [6, 6.07) is 3.61. The predicted octanol–water partition coefficient (Wildman–Crippen LogP) is 1.61. The number of methoxy groups -OCH3 is 1. The zero-order valence-corrected chi connectivity index (χ0v) is 6.78. The molecule has 4 heteroatoms. The van der Waals surface area contributed by atoms with Crippen LogP contribution >= 0.6 is 0 Å². The van der Waals surface area contributed by atoms with Gasteiger partial charge in [-0.05, 0) is 12.1 Å². The van der Waals surface area contributed by atoms with Crippen molar-refractivity contribution in [2.24, 2.45) is 0 Å². The number of rotatable bonds is 3. The number of furan rings is 1. The largest absolute Gasteiger partial charge is 0.507 e. The Morgan fingerprint density at radius 2 is 2.50 bits per heavy atom. The number of carbonyl (C=O) groups is 1. The minimum Gasteiger partial charge on any atom is -0.469 e. The van der Waals surface area contributed by atoms with Crippen LogP contribution in [0, 0.1) is 0 Å². The van der Waals surface area contributed by atoms with Gasteiger partial charge < -0.3 is 13.9 Å². The van der Waals surface area contributed by atoms with Gasteiger partial charge in [-0.25, -0.2) is 4.79 Å². The minimum absolute atomic E-state index is 0.278. The summed E-state index contributed by atoms with van der Waals surface area (Å²) >= 11 is 0. The maximum Gasteiger partial charge on any atom is 0.507 e. The van der Waals surface area contributed by atoms with Crippen molar-refractivity contribution < 1.29 is 18.7 Å². The molecular weight excluding hydrogens is 160 g/mol. The molecule has 0 saturated heterocycles. The molecule has 0 aromatic carbocycles. The van der Waals surface area contributed by atoms with Crippen molar-refractivity contribution >= 4 is 6.16 Å². The predicted molar refractivity (Wildman–Crippen MR) is 40.8 cm³/mol. The van der Waals surface area contributed by atoms with E-state index in [2.05, 4.69) is 9.47 Å². The van der Waals surface area contributed by atoms with E-state index in [0.717, 1.165) is 5.76 Å². The SMILES string of the molecule is COC(=O)OCCc1ccco1. The lowest BCUT2D eigenvalue weighted by molar-refractivity contribution is 0.0727. The standard InChI is InChI=1S/C8H10O4/c1-10-8(9)12-6-4-7-3-2-5-11-7/h2-3,5H,4,6H2,1H3. The summed E-state index contributed by atoms with van der Waals surface area (Å²) in [6.45, 7) is 0.278. The molecule has 0 saturated carbocycles. The normalized spacial score (nSPS) is 9.42. The molecule has 0 fully saturated rings. The van der Waals surface area contributed by atoms with Gasteiger partial charge >= 0.3 is 6.16 Å². The van der Waals surface area contributed by atoms with Crippen molar-refractivity contribution in [2.45, 2.75) is 6.42 Å². The van der Waals surface area contributed by atoms with Crippen LogP contribution in [-0.4, -0.2) is 19.9 Å². The van der Waals surface area contributed by atoms with E-state index < -0.39 is 6.16 Å². The van der Waals surface area contributed by atoms with Gasteiger partial charge in [0, 0.05) is 6.42 Å². The Balaban J connectivity index is 2.15. The van der Waals surface area contributed by atoms with E-state index in [1.54, 1.807) is 12.3 Å². The van der Waals surface area contributed by atoms with Crippen LogP contribution < -0.4 is 0 Å². The fraction of sp³-hybridized carbons (Fsp3) is 0.375.